The molecule has 0 aliphatic carbocycles. The molecule has 2 aromatic rings. The maximum Gasteiger partial charge on any atom is 0.295 e. The van der Waals surface area contributed by atoms with E-state index in [0.29, 0.717) is 5.56 Å². The molecule has 110 valence electrons. The molecule has 1 unspecified atom stereocenters. The predicted octanol–water partition coefficient (Wildman–Crippen LogP) is 4.70. The lowest BCUT2D eigenvalue weighted by molar-refractivity contribution is -0.384. The lowest BCUT2D eigenvalue weighted by Crippen LogP contribution is -2.10. The van der Waals surface area contributed by atoms with Crippen molar-refractivity contribution < 1.29 is 13.7 Å². The highest BCUT2D eigenvalue weighted by molar-refractivity contribution is 6.30. The number of rotatable bonds is 4. The van der Waals surface area contributed by atoms with E-state index in [0.717, 1.165) is 6.07 Å². The van der Waals surface area contributed by atoms with Gasteiger partial charge in [0.15, 0.2) is 5.82 Å². The van der Waals surface area contributed by atoms with Crippen molar-refractivity contribution in [2.24, 2.45) is 0 Å². The number of nitro groups is 1. The topological polar surface area (TPSA) is 55.2 Å². The molecule has 2 aromatic carbocycles. The average Bonchev–Trinajstić information content (AvgIpc) is 2.43. The summed E-state index contributed by atoms with van der Waals surface area (Å²) >= 11 is 5.59. The highest BCUT2D eigenvalue weighted by Gasteiger charge is 2.20. The van der Waals surface area contributed by atoms with Crippen LogP contribution < -0.4 is 5.32 Å². The Balaban J connectivity index is 2.33. The van der Waals surface area contributed by atoms with Crippen molar-refractivity contribution in [2.75, 3.05) is 5.32 Å². The first-order valence-corrected chi connectivity index (χ1v) is 6.42. The predicted molar refractivity (Wildman–Crippen MR) is 76.5 cm³/mol. The second-order valence-electron chi connectivity index (χ2n) is 4.43. The molecule has 0 amide bonds. The quantitative estimate of drug-likeness (QED) is 0.657. The summed E-state index contributed by atoms with van der Waals surface area (Å²) in [6.45, 7) is 1.64. The maximum absolute atomic E-state index is 13.8. The Morgan fingerprint density at radius 2 is 1.95 bits per heavy atom. The fraction of sp³-hybridized carbons (Fsp3) is 0.143. The highest BCUT2D eigenvalue weighted by atomic mass is 35.5. The van der Waals surface area contributed by atoms with E-state index >= 15 is 0 Å². The number of nitrogens with zero attached hydrogens (tertiary/aromatic N) is 1. The Bertz CT molecular complexity index is 695. The minimum absolute atomic E-state index is 0.0252. The third kappa shape index (κ3) is 3.28. The molecule has 1 atom stereocenters. The van der Waals surface area contributed by atoms with Crippen molar-refractivity contribution in [2.45, 2.75) is 13.0 Å². The summed E-state index contributed by atoms with van der Waals surface area (Å²) in [5.74, 6) is -1.35. The zero-order chi connectivity index (χ0) is 15.6. The van der Waals surface area contributed by atoms with Gasteiger partial charge in [-0.15, -0.1) is 0 Å². The number of benzene rings is 2. The normalized spacial score (nSPS) is 12.0. The van der Waals surface area contributed by atoms with Crippen LogP contribution in [0.25, 0.3) is 0 Å². The summed E-state index contributed by atoms with van der Waals surface area (Å²) in [6, 6.07) is 7.17. The van der Waals surface area contributed by atoms with Crippen LogP contribution in [0.4, 0.5) is 20.2 Å². The zero-order valence-electron chi connectivity index (χ0n) is 10.9. The summed E-state index contributed by atoms with van der Waals surface area (Å²) in [4.78, 5) is 10.2. The van der Waals surface area contributed by atoms with Gasteiger partial charge in [0.05, 0.1) is 9.95 Å². The van der Waals surface area contributed by atoms with Crippen LogP contribution in [0.3, 0.4) is 0 Å². The van der Waals surface area contributed by atoms with Crippen molar-refractivity contribution in [1.82, 2.24) is 0 Å². The van der Waals surface area contributed by atoms with Crippen molar-refractivity contribution in [3.63, 3.8) is 0 Å². The van der Waals surface area contributed by atoms with Gasteiger partial charge in [0.2, 0.25) is 0 Å². The summed E-state index contributed by atoms with van der Waals surface area (Å²) in [6.07, 6.45) is 0. The number of anilines is 1. The fourth-order valence-corrected chi connectivity index (χ4v) is 2.01. The van der Waals surface area contributed by atoms with Crippen LogP contribution >= 0.6 is 11.6 Å². The number of para-hydroxylation sites is 1. The second kappa shape index (κ2) is 6.05. The molecule has 4 nitrogen and oxygen atoms in total. The van der Waals surface area contributed by atoms with Gasteiger partial charge in [-0.3, -0.25) is 10.1 Å². The van der Waals surface area contributed by atoms with E-state index in [1.165, 1.54) is 24.3 Å². The maximum atomic E-state index is 13.8. The third-order valence-corrected chi connectivity index (χ3v) is 3.30. The lowest BCUT2D eigenvalue weighted by atomic mass is 10.1. The minimum Gasteiger partial charge on any atom is -0.371 e. The number of halogens is 3. The van der Waals surface area contributed by atoms with Gasteiger partial charge in [-0.05, 0) is 30.7 Å². The van der Waals surface area contributed by atoms with E-state index in [1.54, 1.807) is 13.0 Å². The Labute approximate surface area is 124 Å². The van der Waals surface area contributed by atoms with Crippen LogP contribution in [-0.2, 0) is 0 Å². The van der Waals surface area contributed by atoms with E-state index in [1.807, 2.05) is 0 Å². The van der Waals surface area contributed by atoms with Crippen LogP contribution in [0.15, 0.2) is 36.4 Å². The van der Waals surface area contributed by atoms with Gasteiger partial charge >= 0.3 is 0 Å². The summed E-state index contributed by atoms with van der Waals surface area (Å²) < 4.78 is 27.2. The molecule has 0 aliphatic rings. The number of hydrogen-bond donors (Lipinski definition) is 1. The van der Waals surface area contributed by atoms with Crippen molar-refractivity contribution in [3.8, 4) is 0 Å². The van der Waals surface area contributed by atoms with E-state index in [2.05, 4.69) is 5.32 Å². The molecular formula is C14H11ClF2N2O2. The first-order chi connectivity index (χ1) is 9.90. The molecule has 0 aromatic heterocycles. The van der Waals surface area contributed by atoms with Gasteiger partial charge in [0.1, 0.15) is 11.5 Å². The van der Waals surface area contributed by atoms with Crippen molar-refractivity contribution in [3.05, 3.63) is 68.7 Å². The molecule has 7 heteroatoms. The Kier molecular flexibility index (Phi) is 4.37. The van der Waals surface area contributed by atoms with Gasteiger partial charge in [-0.2, -0.15) is 0 Å². The molecule has 0 spiro atoms. The molecule has 0 fully saturated rings. The highest BCUT2D eigenvalue weighted by Crippen LogP contribution is 2.31. The van der Waals surface area contributed by atoms with Crippen LogP contribution in [0, 0.1) is 21.7 Å². The van der Waals surface area contributed by atoms with Crippen LogP contribution in [0.2, 0.25) is 5.02 Å². The van der Waals surface area contributed by atoms with E-state index in [9.17, 15) is 18.9 Å². The van der Waals surface area contributed by atoms with Gasteiger partial charge in [-0.25, -0.2) is 8.78 Å². The molecule has 21 heavy (non-hydrogen) atoms. The summed E-state index contributed by atoms with van der Waals surface area (Å²) in [5.41, 5.74) is -0.115. The molecule has 0 heterocycles. The number of hydrogen-bond acceptors (Lipinski definition) is 3. The van der Waals surface area contributed by atoms with Crippen LogP contribution in [0.1, 0.15) is 18.5 Å². The Morgan fingerprint density at radius 1 is 1.24 bits per heavy atom. The molecule has 0 bridgehead atoms. The first-order valence-electron chi connectivity index (χ1n) is 6.04. The SMILES string of the molecule is CC(Nc1c(F)cccc1[N+](=O)[O-])c1ccc(Cl)c(F)c1. The first kappa shape index (κ1) is 15.2. The number of nitro benzene ring substituents is 1. The molecule has 1 N–H and O–H groups in total. The smallest absolute Gasteiger partial charge is 0.295 e. The van der Waals surface area contributed by atoms with Crippen molar-refractivity contribution >= 4 is 23.0 Å². The van der Waals surface area contributed by atoms with Gasteiger partial charge in [-0.1, -0.05) is 23.7 Å². The van der Waals surface area contributed by atoms with E-state index in [4.69, 9.17) is 11.6 Å². The standard InChI is InChI=1S/C14H11ClF2N2O2/c1-8(9-5-6-10(15)12(17)7-9)18-14-11(16)3-2-4-13(14)19(20)21/h2-8,18H,1H3. The van der Waals surface area contributed by atoms with Crippen LogP contribution in [0.5, 0.6) is 0 Å². The van der Waals surface area contributed by atoms with E-state index in [-0.39, 0.29) is 16.4 Å². The third-order valence-electron chi connectivity index (χ3n) is 2.99. The van der Waals surface area contributed by atoms with Gasteiger partial charge in [0.25, 0.3) is 5.69 Å². The molecule has 0 radical (unpaired) electrons. The molecule has 0 saturated heterocycles. The molecule has 0 aliphatic heterocycles. The van der Waals surface area contributed by atoms with Crippen LogP contribution in [-0.4, -0.2) is 4.92 Å². The molecule has 2 rings (SSSR count). The molecule has 0 saturated carbocycles. The van der Waals surface area contributed by atoms with Gasteiger partial charge < -0.3 is 5.32 Å². The second-order valence-corrected chi connectivity index (χ2v) is 4.84. The Hall–Kier alpha value is -2.21. The zero-order valence-corrected chi connectivity index (χ0v) is 11.7. The van der Waals surface area contributed by atoms with Gasteiger partial charge in [0, 0.05) is 12.1 Å². The minimum atomic E-state index is -0.745. The van der Waals surface area contributed by atoms with Crippen molar-refractivity contribution in [1.29, 1.82) is 0 Å². The largest absolute Gasteiger partial charge is 0.371 e. The lowest BCUT2D eigenvalue weighted by Gasteiger charge is -2.16. The summed E-state index contributed by atoms with van der Waals surface area (Å²) in [7, 11) is 0. The fourth-order valence-electron chi connectivity index (χ4n) is 1.89. The Morgan fingerprint density at radius 3 is 2.57 bits per heavy atom. The molecular weight excluding hydrogens is 302 g/mol. The average molecular weight is 313 g/mol. The summed E-state index contributed by atoms with van der Waals surface area (Å²) in [5, 5.41) is 13.6. The monoisotopic (exact) mass is 312 g/mol. The number of nitrogens with one attached hydrogen (secondary N) is 1. The van der Waals surface area contributed by atoms with E-state index < -0.39 is 22.6 Å².